The summed E-state index contributed by atoms with van der Waals surface area (Å²) in [5, 5.41) is 0. The number of halogens is 2. The molecule has 1 aliphatic carbocycles. The van der Waals surface area contributed by atoms with Crippen molar-refractivity contribution in [2.75, 3.05) is 14.1 Å². The Morgan fingerprint density at radius 2 is 1.83 bits per heavy atom. The first-order chi connectivity index (χ1) is 8.49. The van der Waals surface area contributed by atoms with Gasteiger partial charge in [-0.2, -0.15) is 0 Å². The van der Waals surface area contributed by atoms with E-state index in [0.29, 0.717) is 12.8 Å². The first kappa shape index (κ1) is 13.1. The quantitative estimate of drug-likeness (QED) is 0.772. The maximum absolute atomic E-state index is 13.7. The number of likely N-dealkylation sites (N-methyl/N-ethyl adjacent to an activating group) is 1. The first-order valence-electron chi connectivity index (χ1n) is 6.15. The molecule has 0 atom stereocenters. The highest BCUT2D eigenvalue weighted by molar-refractivity contribution is 6.03. The predicted octanol–water partition coefficient (Wildman–Crippen LogP) is 3.02. The minimum atomic E-state index is -1.03. The van der Waals surface area contributed by atoms with E-state index in [1.807, 2.05) is 19.0 Å². The van der Waals surface area contributed by atoms with Gasteiger partial charge in [0.15, 0.2) is 17.4 Å². The van der Waals surface area contributed by atoms with Crippen molar-refractivity contribution < 1.29 is 13.6 Å². The SMILES string of the molecule is CN(C)C1(C(=O)c2cccc(F)c2F)CCCC1. The van der Waals surface area contributed by atoms with Gasteiger partial charge in [-0.05, 0) is 39.1 Å². The van der Waals surface area contributed by atoms with Gasteiger partial charge < -0.3 is 0 Å². The fourth-order valence-corrected chi connectivity index (χ4v) is 2.77. The summed E-state index contributed by atoms with van der Waals surface area (Å²) in [4.78, 5) is 14.4. The van der Waals surface area contributed by atoms with Crippen molar-refractivity contribution in [2.24, 2.45) is 0 Å². The van der Waals surface area contributed by atoms with Crippen LogP contribution in [0, 0.1) is 11.6 Å². The summed E-state index contributed by atoms with van der Waals surface area (Å²) in [5.74, 6) is -2.30. The average molecular weight is 253 g/mol. The summed E-state index contributed by atoms with van der Waals surface area (Å²) < 4.78 is 26.9. The second-order valence-corrected chi connectivity index (χ2v) is 5.06. The number of hydrogen-bond donors (Lipinski definition) is 0. The molecule has 0 spiro atoms. The molecular formula is C14H17F2NO. The van der Waals surface area contributed by atoms with Gasteiger partial charge >= 0.3 is 0 Å². The number of benzene rings is 1. The summed E-state index contributed by atoms with van der Waals surface area (Å²) in [5.41, 5.74) is -0.806. The van der Waals surface area contributed by atoms with E-state index >= 15 is 0 Å². The minimum Gasteiger partial charge on any atom is -0.297 e. The smallest absolute Gasteiger partial charge is 0.186 e. The average Bonchev–Trinajstić information content (AvgIpc) is 2.82. The summed E-state index contributed by atoms with van der Waals surface area (Å²) >= 11 is 0. The summed E-state index contributed by atoms with van der Waals surface area (Å²) in [7, 11) is 3.64. The first-order valence-corrected chi connectivity index (χ1v) is 6.15. The van der Waals surface area contributed by atoms with Gasteiger partial charge in [0.25, 0.3) is 0 Å². The van der Waals surface area contributed by atoms with Crippen molar-refractivity contribution in [1.29, 1.82) is 0 Å². The molecule has 0 saturated heterocycles. The van der Waals surface area contributed by atoms with Crippen LogP contribution in [0.4, 0.5) is 8.78 Å². The highest BCUT2D eigenvalue weighted by atomic mass is 19.2. The van der Waals surface area contributed by atoms with Crippen molar-refractivity contribution >= 4 is 5.78 Å². The lowest BCUT2D eigenvalue weighted by Gasteiger charge is -2.34. The zero-order valence-corrected chi connectivity index (χ0v) is 10.7. The molecule has 0 bridgehead atoms. The Morgan fingerprint density at radius 1 is 1.22 bits per heavy atom. The molecule has 0 amide bonds. The third-order valence-electron chi connectivity index (χ3n) is 3.91. The number of carbonyl (C=O) groups excluding carboxylic acids is 1. The van der Waals surface area contributed by atoms with Gasteiger partial charge in [-0.3, -0.25) is 9.69 Å². The topological polar surface area (TPSA) is 20.3 Å². The molecule has 98 valence electrons. The molecule has 1 fully saturated rings. The van der Waals surface area contributed by atoms with E-state index in [0.717, 1.165) is 18.9 Å². The Bertz CT molecular complexity index is 465. The molecule has 0 radical (unpaired) electrons. The van der Waals surface area contributed by atoms with E-state index in [-0.39, 0.29) is 11.3 Å². The maximum Gasteiger partial charge on any atom is 0.186 e. The van der Waals surface area contributed by atoms with Crippen molar-refractivity contribution in [2.45, 2.75) is 31.2 Å². The largest absolute Gasteiger partial charge is 0.297 e. The molecule has 18 heavy (non-hydrogen) atoms. The second-order valence-electron chi connectivity index (χ2n) is 5.06. The molecule has 0 unspecified atom stereocenters. The molecule has 1 saturated carbocycles. The highest BCUT2D eigenvalue weighted by Crippen LogP contribution is 2.37. The molecule has 1 aliphatic rings. The maximum atomic E-state index is 13.7. The van der Waals surface area contributed by atoms with Crippen LogP contribution < -0.4 is 0 Å². The molecule has 0 N–H and O–H groups in total. The van der Waals surface area contributed by atoms with Crippen molar-refractivity contribution in [3.63, 3.8) is 0 Å². The van der Waals surface area contributed by atoms with E-state index in [4.69, 9.17) is 0 Å². The van der Waals surface area contributed by atoms with E-state index in [9.17, 15) is 13.6 Å². The Balaban J connectivity index is 2.44. The van der Waals surface area contributed by atoms with Gasteiger partial charge in [0.1, 0.15) is 0 Å². The third-order valence-corrected chi connectivity index (χ3v) is 3.91. The lowest BCUT2D eigenvalue weighted by molar-refractivity contribution is 0.0687. The lowest BCUT2D eigenvalue weighted by Crippen LogP contribution is -2.49. The summed E-state index contributed by atoms with van der Waals surface area (Å²) in [6, 6.07) is 3.78. The number of hydrogen-bond acceptors (Lipinski definition) is 2. The van der Waals surface area contributed by atoms with Gasteiger partial charge in [-0.15, -0.1) is 0 Å². The lowest BCUT2D eigenvalue weighted by atomic mass is 9.86. The predicted molar refractivity (Wildman–Crippen MR) is 65.6 cm³/mol. The number of carbonyl (C=O) groups is 1. The minimum absolute atomic E-state index is 0.134. The van der Waals surface area contributed by atoms with Crippen molar-refractivity contribution in [3.05, 3.63) is 35.4 Å². The van der Waals surface area contributed by atoms with E-state index < -0.39 is 17.2 Å². The number of rotatable bonds is 3. The highest BCUT2D eigenvalue weighted by Gasteiger charge is 2.44. The molecule has 0 heterocycles. The summed E-state index contributed by atoms with van der Waals surface area (Å²) in [6.07, 6.45) is 3.30. The van der Waals surface area contributed by atoms with Crippen LogP contribution in [-0.2, 0) is 0 Å². The monoisotopic (exact) mass is 253 g/mol. The van der Waals surface area contributed by atoms with Crippen LogP contribution in [0.25, 0.3) is 0 Å². The molecule has 2 rings (SSSR count). The Morgan fingerprint density at radius 3 is 2.39 bits per heavy atom. The number of ketones is 1. The van der Waals surface area contributed by atoms with E-state index in [1.54, 1.807) is 0 Å². The van der Waals surface area contributed by atoms with E-state index in [1.165, 1.54) is 12.1 Å². The molecule has 2 nitrogen and oxygen atoms in total. The van der Waals surface area contributed by atoms with Crippen molar-refractivity contribution in [1.82, 2.24) is 4.90 Å². The molecule has 0 aromatic heterocycles. The number of Topliss-reactive ketones (excluding diaryl/α,β-unsaturated/α-hetero) is 1. The van der Waals surface area contributed by atoms with Gasteiger partial charge in [-0.25, -0.2) is 8.78 Å². The Labute approximate surface area is 106 Å². The van der Waals surface area contributed by atoms with Crippen LogP contribution in [0.5, 0.6) is 0 Å². The van der Waals surface area contributed by atoms with Crippen LogP contribution in [-0.4, -0.2) is 30.3 Å². The molecule has 0 aliphatic heterocycles. The standard InChI is InChI=1S/C14H17F2NO/c1-17(2)14(8-3-4-9-14)13(18)10-6-5-7-11(15)12(10)16/h5-7H,3-4,8-9H2,1-2H3. The van der Waals surface area contributed by atoms with Crippen molar-refractivity contribution in [3.8, 4) is 0 Å². The van der Waals surface area contributed by atoms with Crippen LogP contribution >= 0.6 is 0 Å². The van der Waals surface area contributed by atoms with Crippen LogP contribution in [0.3, 0.4) is 0 Å². The third kappa shape index (κ3) is 1.94. The van der Waals surface area contributed by atoms with Crippen LogP contribution in [0.1, 0.15) is 36.0 Å². The van der Waals surface area contributed by atoms with E-state index in [2.05, 4.69) is 0 Å². The van der Waals surface area contributed by atoms with Gasteiger partial charge in [-0.1, -0.05) is 18.9 Å². The van der Waals surface area contributed by atoms with Gasteiger partial charge in [0.2, 0.25) is 0 Å². The van der Waals surface area contributed by atoms with Crippen LogP contribution in [0.2, 0.25) is 0 Å². The zero-order chi connectivity index (χ0) is 13.3. The number of nitrogens with zero attached hydrogens (tertiary/aromatic N) is 1. The Kier molecular flexibility index (Phi) is 3.48. The van der Waals surface area contributed by atoms with Gasteiger partial charge in [0, 0.05) is 0 Å². The molecular weight excluding hydrogens is 236 g/mol. The van der Waals surface area contributed by atoms with Gasteiger partial charge in [0.05, 0.1) is 11.1 Å². The second kappa shape index (κ2) is 4.76. The Hall–Kier alpha value is -1.29. The molecule has 1 aromatic rings. The van der Waals surface area contributed by atoms with Crippen LogP contribution in [0.15, 0.2) is 18.2 Å². The molecule has 1 aromatic carbocycles. The fraction of sp³-hybridized carbons (Fsp3) is 0.500. The fourth-order valence-electron chi connectivity index (χ4n) is 2.77. The summed E-state index contributed by atoms with van der Waals surface area (Å²) in [6.45, 7) is 0. The zero-order valence-electron chi connectivity index (χ0n) is 10.7. The normalized spacial score (nSPS) is 18.3. The molecule has 4 heteroatoms.